The van der Waals surface area contributed by atoms with Gasteiger partial charge in [-0.15, -0.1) is 0 Å². The molecule has 1 fully saturated rings. The number of aliphatic imine (C=N–C) groups is 1. The maximum Gasteiger partial charge on any atom is 0.303 e. The van der Waals surface area contributed by atoms with Crippen LogP contribution in [0, 0.1) is 0 Å². The predicted molar refractivity (Wildman–Crippen MR) is 144 cm³/mol. The number of primary amides is 1. The van der Waals surface area contributed by atoms with Gasteiger partial charge in [0.05, 0.1) is 13.0 Å². The summed E-state index contributed by atoms with van der Waals surface area (Å²) in [6.45, 7) is -0.201. The van der Waals surface area contributed by atoms with Crippen LogP contribution in [0.5, 0.6) is 0 Å². The highest BCUT2D eigenvalue weighted by molar-refractivity contribution is 5.98. The van der Waals surface area contributed by atoms with Crippen molar-refractivity contribution in [3.63, 3.8) is 0 Å². The molecule has 6 amide bonds. The Bertz CT molecular complexity index is 1000. The number of unbranched alkanes of at least 4 members (excludes halogenated alkanes) is 1. The average molecular weight is 585 g/mol. The van der Waals surface area contributed by atoms with Crippen molar-refractivity contribution in [1.82, 2.24) is 26.6 Å². The lowest BCUT2D eigenvalue weighted by atomic mass is 10.0. The minimum absolute atomic E-state index is 0.0155. The summed E-state index contributed by atoms with van der Waals surface area (Å²) in [5, 5.41) is 21.2. The van der Waals surface area contributed by atoms with E-state index in [4.69, 9.17) is 28.0 Å². The predicted octanol–water partition coefficient (Wildman–Crippen LogP) is -5.02. The standard InChI is InChI=1S/C23H40N10O8/c24-8-2-1-4-13-21(40)33-15(10-16(25)34)19(38)29-11-17(35)30-12(5-3-9-28-23(26)27)20(39)32-14(22(41)31-13)6-7-18(36)37/h12-15H,1-11,24H2,(H2,25,34)(H,29,38)(H,30,35)(H,31,41)(H,32,39)(H,33,40)(H,36,37)(H4,26,27,28)/t12-,13-,14-,15-/m0/s1. The second-order valence-electron chi connectivity index (χ2n) is 9.36. The van der Waals surface area contributed by atoms with E-state index >= 15 is 0 Å². The summed E-state index contributed by atoms with van der Waals surface area (Å²) in [4.78, 5) is 91.4. The Labute approximate surface area is 236 Å². The van der Waals surface area contributed by atoms with Crippen molar-refractivity contribution in [2.75, 3.05) is 19.6 Å². The minimum atomic E-state index is -1.47. The van der Waals surface area contributed by atoms with E-state index in [0.717, 1.165) is 0 Å². The third kappa shape index (κ3) is 13.9. The minimum Gasteiger partial charge on any atom is -0.481 e. The van der Waals surface area contributed by atoms with Crippen LogP contribution in [-0.4, -0.2) is 96.3 Å². The molecule has 18 heteroatoms. The first-order valence-electron chi connectivity index (χ1n) is 13.1. The second kappa shape index (κ2) is 18.0. The monoisotopic (exact) mass is 584 g/mol. The van der Waals surface area contributed by atoms with Crippen LogP contribution < -0.4 is 49.5 Å². The number of carbonyl (C=O) groups is 7. The van der Waals surface area contributed by atoms with Gasteiger partial charge in [0, 0.05) is 13.0 Å². The van der Waals surface area contributed by atoms with Gasteiger partial charge in [-0.25, -0.2) is 0 Å². The first kappa shape index (κ1) is 34.5. The smallest absolute Gasteiger partial charge is 0.303 e. The van der Waals surface area contributed by atoms with Crippen molar-refractivity contribution in [2.45, 2.75) is 75.5 Å². The number of hydrogen-bond donors (Lipinski definition) is 10. The zero-order valence-electron chi connectivity index (χ0n) is 22.6. The van der Waals surface area contributed by atoms with Gasteiger partial charge in [-0.05, 0) is 45.1 Å². The van der Waals surface area contributed by atoms with E-state index in [9.17, 15) is 33.6 Å². The normalized spacial score (nSPS) is 22.5. The van der Waals surface area contributed by atoms with Crippen LogP contribution in [0.3, 0.4) is 0 Å². The zero-order valence-corrected chi connectivity index (χ0v) is 22.6. The molecule has 4 atom stereocenters. The summed E-state index contributed by atoms with van der Waals surface area (Å²) >= 11 is 0. The SMILES string of the molecule is NCCCC[C@@H]1NC(=O)[C@H](CCC(=O)O)NC(=O)[C@H](CCCN=C(N)N)NC(=O)CNC(=O)[C@H](CC(N)=O)NC1=O. The Hall–Kier alpha value is -4.48. The molecule has 0 aromatic heterocycles. The summed E-state index contributed by atoms with van der Waals surface area (Å²) < 4.78 is 0. The van der Waals surface area contributed by atoms with Crippen LogP contribution in [0.25, 0.3) is 0 Å². The molecular weight excluding hydrogens is 544 g/mol. The van der Waals surface area contributed by atoms with E-state index in [1.807, 2.05) is 0 Å². The van der Waals surface area contributed by atoms with Crippen molar-refractivity contribution in [1.29, 1.82) is 0 Å². The Morgan fingerprint density at radius 1 is 0.756 bits per heavy atom. The number of carboxylic acids is 1. The van der Waals surface area contributed by atoms with Crippen LogP contribution in [0.4, 0.5) is 0 Å². The number of guanidine groups is 1. The van der Waals surface area contributed by atoms with E-state index in [0.29, 0.717) is 19.4 Å². The Balaban J connectivity index is 3.39. The van der Waals surface area contributed by atoms with Crippen LogP contribution in [-0.2, 0) is 33.6 Å². The van der Waals surface area contributed by atoms with Gasteiger partial charge in [0.1, 0.15) is 24.2 Å². The fourth-order valence-corrected chi connectivity index (χ4v) is 3.83. The lowest BCUT2D eigenvalue weighted by Crippen LogP contribution is -2.57. The summed E-state index contributed by atoms with van der Waals surface area (Å²) in [6, 6.07) is -5.32. The number of aliphatic carboxylic acids is 1. The van der Waals surface area contributed by atoms with Crippen LogP contribution in [0.1, 0.15) is 51.4 Å². The molecule has 0 saturated carbocycles. The third-order valence-electron chi connectivity index (χ3n) is 5.92. The van der Waals surface area contributed by atoms with E-state index in [2.05, 4.69) is 31.6 Å². The van der Waals surface area contributed by atoms with E-state index < -0.39 is 85.0 Å². The highest BCUT2D eigenvalue weighted by atomic mass is 16.4. The maximum absolute atomic E-state index is 13.2. The number of rotatable bonds is 13. The lowest BCUT2D eigenvalue weighted by molar-refractivity contribution is -0.138. The number of nitrogens with two attached hydrogens (primary N) is 4. The molecule has 41 heavy (non-hydrogen) atoms. The molecule has 0 radical (unpaired) electrons. The van der Waals surface area contributed by atoms with Crippen molar-refractivity contribution >= 4 is 47.4 Å². The van der Waals surface area contributed by atoms with Crippen molar-refractivity contribution in [3.8, 4) is 0 Å². The summed E-state index contributed by atoms with van der Waals surface area (Å²) in [5.74, 6) is -6.55. The summed E-state index contributed by atoms with van der Waals surface area (Å²) in [6.07, 6.45) is -0.210. The van der Waals surface area contributed by atoms with Gasteiger partial charge in [0.15, 0.2) is 5.96 Å². The number of carbonyl (C=O) groups excluding carboxylic acids is 6. The molecule has 1 heterocycles. The highest BCUT2D eigenvalue weighted by Crippen LogP contribution is 2.08. The van der Waals surface area contributed by atoms with Gasteiger partial charge in [0.2, 0.25) is 35.4 Å². The van der Waals surface area contributed by atoms with Crippen LogP contribution in [0.2, 0.25) is 0 Å². The van der Waals surface area contributed by atoms with Crippen molar-refractivity contribution < 1.29 is 38.7 Å². The molecule has 1 aliphatic rings. The lowest BCUT2D eigenvalue weighted by Gasteiger charge is -2.25. The fraction of sp³-hybridized carbons (Fsp3) is 0.652. The summed E-state index contributed by atoms with van der Waals surface area (Å²) in [5.41, 5.74) is 21.4. The number of amides is 6. The van der Waals surface area contributed by atoms with E-state index in [1.165, 1.54) is 0 Å². The fourth-order valence-electron chi connectivity index (χ4n) is 3.83. The highest BCUT2D eigenvalue weighted by Gasteiger charge is 2.32. The molecule has 0 unspecified atom stereocenters. The molecule has 1 rings (SSSR count). The first-order chi connectivity index (χ1) is 19.3. The van der Waals surface area contributed by atoms with Gasteiger partial charge >= 0.3 is 5.97 Å². The first-order valence-corrected chi connectivity index (χ1v) is 13.1. The van der Waals surface area contributed by atoms with Gasteiger partial charge in [0.25, 0.3) is 0 Å². The molecule has 230 valence electrons. The molecule has 14 N–H and O–H groups in total. The quantitative estimate of drug-likeness (QED) is 0.0554. The maximum atomic E-state index is 13.2. The van der Waals surface area contributed by atoms with E-state index in [-0.39, 0.29) is 38.2 Å². The van der Waals surface area contributed by atoms with Crippen molar-refractivity contribution in [3.05, 3.63) is 0 Å². The second-order valence-corrected chi connectivity index (χ2v) is 9.36. The van der Waals surface area contributed by atoms with Gasteiger partial charge in [-0.1, -0.05) is 0 Å². The molecule has 0 aliphatic carbocycles. The largest absolute Gasteiger partial charge is 0.481 e. The number of hydrogen-bond acceptors (Lipinski definition) is 9. The Kier molecular flexibility index (Phi) is 15.1. The molecule has 1 aliphatic heterocycles. The van der Waals surface area contributed by atoms with Gasteiger partial charge < -0.3 is 54.6 Å². The van der Waals surface area contributed by atoms with E-state index in [1.54, 1.807) is 0 Å². The van der Waals surface area contributed by atoms with Crippen LogP contribution in [0.15, 0.2) is 4.99 Å². The molecular formula is C23H40N10O8. The molecule has 0 aromatic carbocycles. The topological polar surface area (TPSA) is 316 Å². The van der Waals surface area contributed by atoms with Crippen molar-refractivity contribution in [2.24, 2.45) is 27.9 Å². The third-order valence-corrected chi connectivity index (χ3v) is 5.92. The zero-order chi connectivity index (χ0) is 30.9. The Morgan fingerprint density at radius 3 is 1.83 bits per heavy atom. The molecule has 0 bridgehead atoms. The van der Waals surface area contributed by atoms with Gasteiger partial charge in [-0.2, -0.15) is 0 Å². The molecule has 18 nitrogen and oxygen atoms in total. The Morgan fingerprint density at radius 2 is 1.29 bits per heavy atom. The van der Waals surface area contributed by atoms with Gasteiger partial charge in [-0.3, -0.25) is 38.6 Å². The number of carboxylic acid groups (broad SMARTS) is 1. The number of nitrogens with one attached hydrogen (secondary N) is 5. The number of nitrogens with zero attached hydrogens (tertiary/aromatic N) is 1. The van der Waals surface area contributed by atoms with Crippen LogP contribution >= 0.6 is 0 Å². The molecule has 1 saturated heterocycles. The summed E-state index contributed by atoms with van der Waals surface area (Å²) in [7, 11) is 0. The molecule has 0 spiro atoms. The molecule has 0 aromatic rings. The average Bonchev–Trinajstić information content (AvgIpc) is 2.89.